The summed E-state index contributed by atoms with van der Waals surface area (Å²) in [6, 6.07) is 0. The van der Waals surface area contributed by atoms with Gasteiger partial charge in [-0.15, -0.1) is 0 Å². The molecule has 0 aliphatic heterocycles. The van der Waals surface area contributed by atoms with E-state index in [2.05, 4.69) is 5.14 Å². The lowest BCUT2D eigenvalue weighted by Crippen LogP contribution is -2.37. The van der Waals surface area contributed by atoms with Gasteiger partial charge in [-0.25, -0.2) is 0 Å². The average Bonchev–Trinajstić information content (AvgIpc) is 1.85. The van der Waals surface area contributed by atoms with E-state index in [1.54, 1.807) is 0 Å². The first-order chi connectivity index (χ1) is 4.31. The molecule has 0 rings (SSSR count). The molecule has 0 aliphatic carbocycles. The molecule has 0 aromatic rings. The van der Waals surface area contributed by atoms with Crippen molar-refractivity contribution in [3.05, 3.63) is 0 Å². The zero-order valence-electron chi connectivity index (χ0n) is 5.09. The van der Waals surface area contributed by atoms with Gasteiger partial charge in [0.2, 0.25) is 0 Å². The fourth-order valence-electron chi connectivity index (χ4n) is 0.377. The average molecular weight is 124 g/mol. The van der Waals surface area contributed by atoms with Crippen molar-refractivity contribution in [2.75, 3.05) is 0 Å². The Bertz CT molecular complexity index is 108. The largest absolute Gasteiger partial charge is 0.385 e. The molecule has 0 bridgehead atoms. The SMILES string of the molecule is NBNBC(=O)BC=O. The van der Waals surface area contributed by atoms with Gasteiger partial charge >= 0.3 is 0 Å². The maximum atomic E-state index is 10.5. The molecular weight excluding hydrogens is 116 g/mol. The summed E-state index contributed by atoms with van der Waals surface area (Å²) >= 11 is 0. The van der Waals surface area contributed by atoms with Crippen LogP contribution in [0.2, 0.25) is 0 Å². The molecule has 0 radical (unpaired) electrons. The molecule has 0 heterocycles. The van der Waals surface area contributed by atoms with Crippen molar-refractivity contribution in [1.29, 1.82) is 0 Å². The molecule has 0 amide bonds. The van der Waals surface area contributed by atoms with E-state index in [9.17, 15) is 9.59 Å². The molecule has 0 saturated heterocycles. The fourth-order valence-corrected chi connectivity index (χ4v) is 0.377. The van der Waals surface area contributed by atoms with E-state index in [0.717, 1.165) is 0 Å². The van der Waals surface area contributed by atoms with Crippen molar-refractivity contribution in [3.8, 4) is 0 Å². The van der Waals surface area contributed by atoms with Gasteiger partial charge in [-0.1, -0.05) is 0 Å². The Kier molecular flexibility index (Phi) is 5.25. The first-order valence-corrected chi connectivity index (χ1v) is 2.67. The highest BCUT2D eigenvalue weighted by Crippen LogP contribution is 1.61. The van der Waals surface area contributed by atoms with Crippen molar-refractivity contribution in [2.45, 2.75) is 0 Å². The Morgan fingerprint density at radius 3 is 2.78 bits per heavy atom. The summed E-state index contributed by atoms with van der Waals surface area (Å²) in [5.41, 5.74) is 4.89. The Labute approximate surface area is 55.3 Å². The number of hydrogen-bond donors (Lipinski definition) is 2. The fraction of sp³-hybridized carbons (Fsp3) is 0. The van der Waals surface area contributed by atoms with E-state index in [1.807, 2.05) is 0 Å². The highest BCUT2D eigenvalue weighted by Gasteiger charge is 2.02. The van der Waals surface area contributed by atoms with E-state index in [4.69, 9.17) is 5.64 Å². The Balaban J connectivity index is 3.16. The smallest absolute Gasteiger partial charge is 0.272 e. The first-order valence-electron chi connectivity index (χ1n) is 2.67. The third-order valence-electron chi connectivity index (χ3n) is 0.778. The van der Waals surface area contributed by atoms with E-state index in [1.165, 1.54) is 0 Å². The van der Waals surface area contributed by atoms with Crippen LogP contribution >= 0.6 is 0 Å². The number of rotatable bonds is 5. The van der Waals surface area contributed by atoms with Crippen LogP contribution in [0.15, 0.2) is 0 Å². The molecule has 4 nitrogen and oxygen atoms in total. The number of carbonyl (C=O) groups excluding carboxylic acids is 2. The summed E-state index contributed by atoms with van der Waals surface area (Å²) in [5, 5.41) is 2.60. The van der Waals surface area contributed by atoms with Crippen LogP contribution in [0.1, 0.15) is 0 Å². The van der Waals surface area contributed by atoms with Gasteiger partial charge in [-0.3, -0.25) is 0 Å². The van der Waals surface area contributed by atoms with E-state index in [-0.39, 0.29) is 27.8 Å². The zero-order valence-corrected chi connectivity index (χ0v) is 5.09. The lowest BCUT2D eigenvalue weighted by Gasteiger charge is -1.90. The standard InChI is InChI=1S/C2H7B3N2O2/c6-5-7-4-2(9)3-1-8/h1,3-5,7H,6H2. The lowest BCUT2D eigenvalue weighted by molar-refractivity contribution is 0.274. The lowest BCUT2D eigenvalue weighted by atomic mass is 9.59. The second kappa shape index (κ2) is 5.59. The topological polar surface area (TPSA) is 72.2 Å². The molecule has 7 heteroatoms. The summed E-state index contributed by atoms with van der Waals surface area (Å²) in [4.78, 5) is 20.2. The summed E-state index contributed by atoms with van der Waals surface area (Å²) in [7, 11) is 0.437. The third kappa shape index (κ3) is 5.32. The van der Waals surface area contributed by atoms with E-state index < -0.39 is 0 Å². The van der Waals surface area contributed by atoms with Gasteiger partial charge in [0.15, 0.2) is 0 Å². The molecule has 0 aromatic carbocycles. The minimum Gasteiger partial charge on any atom is -0.385 e. The highest BCUT2D eigenvalue weighted by atomic mass is 16.1. The van der Waals surface area contributed by atoms with Crippen LogP contribution in [0, 0.1) is 0 Å². The Morgan fingerprint density at radius 1 is 1.67 bits per heavy atom. The van der Waals surface area contributed by atoms with E-state index in [0.29, 0.717) is 6.19 Å². The third-order valence-corrected chi connectivity index (χ3v) is 0.778. The number of hydrogen-bond acceptors (Lipinski definition) is 4. The molecule has 46 valence electrons. The van der Waals surface area contributed by atoms with Gasteiger partial charge in [-0.2, -0.15) is 0 Å². The van der Waals surface area contributed by atoms with Crippen LogP contribution in [0.5, 0.6) is 0 Å². The molecule has 0 saturated carbocycles. The molecule has 0 atom stereocenters. The summed E-state index contributed by atoms with van der Waals surface area (Å²) < 4.78 is 0. The van der Waals surface area contributed by atoms with Crippen molar-refractivity contribution in [2.24, 2.45) is 5.64 Å². The van der Waals surface area contributed by atoms with Gasteiger partial charge in [0.1, 0.15) is 0 Å². The molecule has 3 N–H and O–H groups in total. The molecular formula is C2H7B3N2O2. The van der Waals surface area contributed by atoms with E-state index >= 15 is 0 Å². The van der Waals surface area contributed by atoms with Gasteiger partial charge in [0.25, 0.3) is 22.2 Å². The second-order valence-electron chi connectivity index (χ2n) is 1.54. The molecule has 0 aromatic heterocycles. The summed E-state index contributed by atoms with van der Waals surface area (Å²) in [5.74, 6) is 0. The van der Waals surface area contributed by atoms with Gasteiger partial charge in [0, 0.05) is 0 Å². The second-order valence-corrected chi connectivity index (χ2v) is 1.54. The molecule has 0 unspecified atom stereocenters. The van der Waals surface area contributed by atoms with Gasteiger partial charge in [0.05, 0.1) is 11.8 Å². The minimum absolute atomic E-state index is 0.0208. The maximum Gasteiger partial charge on any atom is 0.272 e. The number of carbonyl (C=O) groups is 2. The van der Waals surface area contributed by atoms with Crippen LogP contribution in [0.4, 0.5) is 4.79 Å². The predicted octanol–water partition coefficient (Wildman–Crippen LogP) is -3.10. The minimum atomic E-state index is -0.129. The Morgan fingerprint density at radius 2 is 2.33 bits per heavy atom. The number of nitrogens with two attached hydrogens (primary N) is 1. The molecule has 0 aliphatic rings. The van der Waals surface area contributed by atoms with Crippen LogP contribution in [-0.2, 0) is 4.79 Å². The summed E-state index contributed by atoms with van der Waals surface area (Å²) in [6.07, 6.45) is 0.584. The predicted molar refractivity (Wildman–Crippen MR) is 40.9 cm³/mol. The van der Waals surface area contributed by atoms with Crippen LogP contribution in [0.3, 0.4) is 0 Å². The molecule has 0 fully saturated rings. The normalized spacial score (nSPS) is 7.67. The molecule has 0 spiro atoms. The quantitative estimate of drug-likeness (QED) is 0.300. The van der Waals surface area contributed by atoms with Crippen LogP contribution in [0.25, 0.3) is 0 Å². The van der Waals surface area contributed by atoms with Crippen LogP contribution < -0.4 is 10.8 Å². The van der Waals surface area contributed by atoms with Crippen molar-refractivity contribution in [1.82, 2.24) is 5.14 Å². The molecule has 9 heavy (non-hydrogen) atoms. The summed E-state index contributed by atoms with van der Waals surface area (Å²) in [6.45, 7) is 0. The van der Waals surface area contributed by atoms with Crippen molar-refractivity contribution in [3.63, 3.8) is 0 Å². The van der Waals surface area contributed by atoms with Gasteiger partial charge < -0.3 is 20.4 Å². The van der Waals surface area contributed by atoms with Gasteiger partial charge in [-0.05, 0) is 0 Å². The van der Waals surface area contributed by atoms with Crippen molar-refractivity contribution >= 4 is 34.0 Å². The maximum absolute atomic E-state index is 10.5. The highest BCUT2D eigenvalue weighted by molar-refractivity contribution is 7.12. The monoisotopic (exact) mass is 124 g/mol. The Hall–Kier alpha value is -0.545. The first kappa shape index (κ1) is 8.45. The number of nitrogens with one attached hydrogen (secondary N) is 1. The van der Waals surface area contributed by atoms with Crippen LogP contribution in [-0.4, -0.2) is 34.0 Å². The zero-order chi connectivity index (χ0) is 7.11. The van der Waals surface area contributed by atoms with Crippen molar-refractivity contribution < 1.29 is 9.59 Å².